The van der Waals surface area contributed by atoms with E-state index < -0.39 is 0 Å². The number of benzene rings is 2. The van der Waals surface area contributed by atoms with Gasteiger partial charge in [-0.3, -0.25) is 14.6 Å². The Balaban J connectivity index is 1.29. The van der Waals surface area contributed by atoms with Crippen molar-refractivity contribution in [1.29, 1.82) is 0 Å². The number of ether oxygens (including phenoxy) is 2. The van der Waals surface area contributed by atoms with Crippen LogP contribution in [-0.4, -0.2) is 71.0 Å². The Bertz CT molecular complexity index is 1300. The van der Waals surface area contributed by atoms with Gasteiger partial charge in [-0.05, 0) is 67.3 Å². The molecule has 1 spiro atoms. The van der Waals surface area contributed by atoms with Gasteiger partial charge >= 0.3 is 0 Å². The van der Waals surface area contributed by atoms with Crippen LogP contribution in [0.3, 0.4) is 0 Å². The van der Waals surface area contributed by atoms with Gasteiger partial charge in [-0.2, -0.15) is 0 Å². The molecule has 40 heavy (non-hydrogen) atoms. The van der Waals surface area contributed by atoms with Crippen molar-refractivity contribution in [1.82, 2.24) is 19.8 Å². The Labute approximate surface area is 240 Å². The summed E-state index contributed by atoms with van der Waals surface area (Å²) in [7, 11) is 0. The lowest BCUT2D eigenvalue weighted by Gasteiger charge is -2.44. The molecule has 9 heteroatoms. The van der Waals surface area contributed by atoms with E-state index in [4.69, 9.17) is 21.1 Å². The zero-order chi connectivity index (χ0) is 27.8. The number of piperidine rings is 1. The normalized spacial score (nSPS) is 17.6. The van der Waals surface area contributed by atoms with Crippen molar-refractivity contribution in [3.63, 3.8) is 0 Å². The number of para-hydroxylation sites is 1. The van der Waals surface area contributed by atoms with Crippen molar-refractivity contribution < 1.29 is 19.1 Å². The highest BCUT2D eigenvalue weighted by Gasteiger charge is 2.38. The van der Waals surface area contributed by atoms with Crippen LogP contribution in [0.1, 0.15) is 48.2 Å². The molecule has 2 aliphatic heterocycles. The van der Waals surface area contributed by atoms with Gasteiger partial charge in [-0.1, -0.05) is 42.3 Å². The molecular weight excluding hydrogens is 528 g/mol. The summed E-state index contributed by atoms with van der Waals surface area (Å²) in [5.74, 6) is 1.28. The van der Waals surface area contributed by atoms with Crippen molar-refractivity contribution in [2.45, 2.75) is 38.5 Å². The molecule has 5 rings (SSSR count). The lowest BCUT2D eigenvalue weighted by molar-refractivity contribution is -0.136. The minimum Gasteiger partial charge on any atom is -0.491 e. The van der Waals surface area contributed by atoms with Crippen LogP contribution >= 0.6 is 11.6 Å². The van der Waals surface area contributed by atoms with Gasteiger partial charge in [0.2, 0.25) is 0 Å². The van der Waals surface area contributed by atoms with E-state index in [1.54, 1.807) is 36.7 Å². The molecule has 1 aromatic heterocycles. The first kappa shape index (κ1) is 27.9. The number of fused-ring (bicyclic) bond motifs is 1. The van der Waals surface area contributed by atoms with Crippen molar-refractivity contribution in [3.05, 3.63) is 83.4 Å². The molecule has 2 aliphatic rings. The summed E-state index contributed by atoms with van der Waals surface area (Å²) in [6.07, 6.45) is 10.3. The number of amides is 2. The van der Waals surface area contributed by atoms with Crippen LogP contribution in [0.2, 0.25) is 5.02 Å². The average molecular weight is 563 g/mol. The summed E-state index contributed by atoms with van der Waals surface area (Å²) in [6, 6.07) is 15.2. The topological polar surface area (TPSA) is 84.9 Å². The highest BCUT2D eigenvalue weighted by atomic mass is 35.5. The molecule has 3 aromatic rings. The summed E-state index contributed by atoms with van der Waals surface area (Å²) in [5.41, 5.74) is 1.43. The zero-order valence-electron chi connectivity index (χ0n) is 22.6. The largest absolute Gasteiger partial charge is 0.491 e. The van der Waals surface area contributed by atoms with Crippen LogP contribution in [0.15, 0.2) is 67.1 Å². The van der Waals surface area contributed by atoms with Crippen LogP contribution in [-0.2, 0) is 11.2 Å². The molecule has 210 valence electrons. The van der Waals surface area contributed by atoms with Crippen molar-refractivity contribution in [2.75, 3.05) is 39.4 Å². The minimum absolute atomic E-state index is 0.0264. The van der Waals surface area contributed by atoms with Gasteiger partial charge in [0.15, 0.2) is 6.61 Å². The summed E-state index contributed by atoms with van der Waals surface area (Å²) < 4.78 is 11.9. The molecule has 1 fully saturated rings. The Kier molecular flexibility index (Phi) is 9.16. The monoisotopic (exact) mass is 562 g/mol. The molecule has 2 amide bonds. The number of carbonyl (C=O) groups excluding carboxylic acids is 2. The third-order valence-corrected chi connectivity index (χ3v) is 8.16. The first-order valence-corrected chi connectivity index (χ1v) is 14.3. The van der Waals surface area contributed by atoms with Crippen LogP contribution < -0.4 is 9.47 Å². The van der Waals surface area contributed by atoms with Gasteiger partial charge in [0.1, 0.15) is 23.8 Å². The molecular formula is C31H35ClN4O4. The number of likely N-dealkylation sites (tertiary alicyclic amines) is 1. The second-order valence-electron chi connectivity index (χ2n) is 10.6. The predicted molar refractivity (Wildman–Crippen MR) is 153 cm³/mol. The maximum absolute atomic E-state index is 13.6. The van der Waals surface area contributed by atoms with Gasteiger partial charge in [0, 0.05) is 37.1 Å². The molecule has 0 unspecified atom stereocenters. The SMILES string of the molecule is O=C(COc1cccc(Cl)c1)N1CCC2(CCCCc3ccccc3OCCN(C(=O)c3cnccn3)C2)CC1. The molecule has 0 N–H and O–H groups in total. The molecule has 1 saturated heterocycles. The Morgan fingerprint density at radius 3 is 2.62 bits per heavy atom. The summed E-state index contributed by atoms with van der Waals surface area (Å²) in [5, 5.41) is 0.571. The molecule has 0 aliphatic carbocycles. The van der Waals surface area contributed by atoms with Crippen LogP contribution in [0.4, 0.5) is 0 Å². The second kappa shape index (κ2) is 13.1. The van der Waals surface area contributed by atoms with Crippen LogP contribution in [0.5, 0.6) is 11.5 Å². The highest BCUT2D eigenvalue weighted by Crippen LogP contribution is 2.38. The molecule has 0 bridgehead atoms. The van der Waals surface area contributed by atoms with Gasteiger partial charge in [-0.15, -0.1) is 0 Å². The lowest BCUT2D eigenvalue weighted by Crippen LogP contribution is -2.50. The van der Waals surface area contributed by atoms with Gasteiger partial charge in [0.25, 0.3) is 11.8 Å². The summed E-state index contributed by atoms with van der Waals surface area (Å²) in [4.78, 5) is 38.7. The van der Waals surface area contributed by atoms with E-state index in [-0.39, 0.29) is 23.8 Å². The van der Waals surface area contributed by atoms with E-state index in [0.717, 1.165) is 44.3 Å². The number of aryl methyl sites for hydroxylation is 1. The summed E-state index contributed by atoms with van der Waals surface area (Å²) in [6.45, 7) is 2.66. The smallest absolute Gasteiger partial charge is 0.274 e. The Hall–Kier alpha value is -3.65. The maximum atomic E-state index is 13.6. The van der Waals surface area contributed by atoms with E-state index in [2.05, 4.69) is 16.0 Å². The Morgan fingerprint density at radius 2 is 1.82 bits per heavy atom. The summed E-state index contributed by atoms with van der Waals surface area (Å²) >= 11 is 6.04. The van der Waals surface area contributed by atoms with Gasteiger partial charge in [-0.25, -0.2) is 4.98 Å². The third-order valence-electron chi connectivity index (χ3n) is 7.93. The average Bonchev–Trinajstić information content (AvgIpc) is 2.98. The fourth-order valence-corrected chi connectivity index (χ4v) is 5.85. The number of aromatic nitrogens is 2. The molecule has 8 nitrogen and oxygen atoms in total. The number of carbonyl (C=O) groups is 2. The molecule has 0 saturated carbocycles. The lowest BCUT2D eigenvalue weighted by atomic mass is 9.73. The standard InChI is InChI=1S/C31H35ClN4O4/c32-25-8-5-9-26(20-25)40-22-29(37)35-16-12-31(13-17-35)11-4-3-7-24-6-1-2-10-28(24)39-19-18-36(23-31)30(38)27-21-33-14-15-34-27/h1-2,5-6,8-10,14-15,20-21H,3-4,7,11-13,16-19,22-23H2. The van der Waals surface area contributed by atoms with Crippen molar-refractivity contribution >= 4 is 23.4 Å². The Morgan fingerprint density at radius 1 is 0.975 bits per heavy atom. The first-order valence-electron chi connectivity index (χ1n) is 13.9. The molecule has 0 radical (unpaired) electrons. The van der Waals surface area contributed by atoms with Crippen molar-refractivity contribution in [2.24, 2.45) is 5.41 Å². The number of hydrogen-bond donors (Lipinski definition) is 0. The van der Waals surface area contributed by atoms with Gasteiger partial charge in [0.05, 0.1) is 12.7 Å². The third kappa shape index (κ3) is 7.10. The molecule has 3 heterocycles. The highest BCUT2D eigenvalue weighted by molar-refractivity contribution is 6.30. The van der Waals surface area contributed by atoms with E-state index in [1.165, 1.54) is 11.8 Å². The molecule has 0 atom stereocenters. The number of nitrogens with zero attached hydrogens (tertiary/aromatic N) is 4. The molecule has 2 aromatic carbocycles. The zero-order valence-corrected chi connectivity index (χ0v) is 23.4. The quantitative estimate of drug-likeness (QED) is 0.442. The number of hydrogen-bond acceptors (Lipinski definition) is 6. The number of rotatable bonds is 4. The minimum atomic E-state index is -0.144. The fourth-order valence-electron chi connectivity index (χ4n) is 5.67. The van der Waals surface area contributed by atoms with Crippen LogP contribution in [0.25, 0.3) is 0 Å². The second-order valence-corrected chi connectivity index (χ2v) is 11.0. The maximum Gasteiger partial charge on any atom is 0.274 e. The predicted octanol–water partition coefficient (Wildman–Crippen LogP) is 5.07. The van der Waals surface area contributed by atoms with Crippen molar-refractivity contribution in [3.8, 4) is 11.5 Å². The first-order chi connectivity index (χ1) is 19.5. The van der Waals surface area contributed by atoms with Crippen LogP contribution in [0, 0.1) is 5.41 Å². The fraction of sp³-hybridized carbons (Fsp3) is 0.419. The van der Waals surface area contributed by atoms with E-state index >= 15 is 0 Å². The van der Waals surface area contributed by atoms with E-state index in [0.29, 0.717) is 49.3 Å². The van der Waals surface area contributed by atoms with E-state index in [9.17, 15) is 9.59 Å². The van der Waals surface area contributed by atoms with Gasteiger partial charge < -0.3 is 19.3 Å². The van der Waals surface area contributed by atoms with E-state index in [1.807, 2.05) is 28.0 Å². The number of halogens is 1.